The smallest absolute Gasteiger partial charge is 0.104 e. The summed E-state index contributed by atoms with van der Waals surface area (Å²) in [5.74, 6) is 0. The average Bonchev–Trinajstić information content (AvgIpc) is 2.38. The third-order valence-electron chi connectivity index (χ3n) is 4.02. The number of hydrogen-bond acceptors (Lipinski definition) is 2. The fourth-order valence-electron chi connectivity index (χ4n) is 2.70. The lowest BCUT2D eigenvalue weighted by atomic mass is 9.76. The number of rotatable bonds is 4. The molecule has 1 aliphatic rings. The molecule has 1 saturated carbocycles. The van der Waals surface area contributed by atoms with Gasteiger partial charge < -0.3 is 11.1 Å². The predicted molar refractivity (Wildman–Crippen MR) is 87.0 cm³/mol. The van der Waals surface area contributed by atoms with Crippen molar-refractivity contribution in [2.24, 2.45) is 11.1 Å². The van der Waals surface area contributed by atoms with Gasteiger partial charge in [0.2, 0.25) is 0 Å². The van der Waals surface area contributed by atoms with Gasteiger partial charge in [0.15, 0.2) is 0 Å². The number of nitrogens with one attached hydrogen (secondary N) is 1. The first-order chi connectivity index (χ1) is 9.00. The van der Waals surface area contributed by atoms with Crippen molar-refractivity contribution in [1.29, 1.82) is 0 Å². The van der Waals surface area contributed by atoms with Crippen molar-refractivity contribution in [3.05, 3.63) is 28.8 Å². The van der Waals surface area contributed by atoms with E-state index in [4.69, 9.17) is 29.6 Å². The molecule has 0 radical (unpaired) electrons. The first-order valence-electron chi connectivity index (χ1n) is 6.83. The maximum Gasteiger partial charge on any atom is 0.104 e. The summed E-state index contributed by atoms with van der Waals surface area (Å²) < 4.78 is 0. The zero-order valence-electron chi connectivity index (χ0n) is 11.3. The van der Waals surface area contributed by atoms with Crippen LogP contribution < -0.4 is 11.1 Å². The molecule has 3 N–H and O–H groups in total. The van der Waals surface area contributed by atoms with Gasteiger partial charge >= 0.3 is 0 Å². The molecule has 0 heterocycles. The molecule has 4 heteroatoms. The highest BCUT2D eigenvalue weighted by molar-refractivity contribution is 7.80. The number of hydrogen-bond donors (Lipinski definition) is 2. The minimum Gasteiger partial charge on any atom is -0.389 e. The second-order valence-corrected chi connectivity index (χ2v) is 6.63. The molecule has 0 aromatic heterocycles. The molecular formula is C15H21ClN2S. The maximum absolute atomic E-state index is 6.26. The summed E-state index contributed by atoms with van der Waals surface area (Å²) in [5, 5.41) is 4.16. The van der Waals surface area contributed by atoms with Crippen molar-refractivity contribution in [1.82, 2.24) is 0 Å². The summed E-state index contributed by atoms with van der Waals surface area (Å²) in [5.41, 5.74) is 7.77. The van der Waals surface area contributed by atoms with Crippen LogP contribution in [0.15, 0.2) is 18.2 Å². The second-order valence-electron chi connectivity index (χ2n) is 5.78. The van der Waals surface area contributed by atoms with Gasteiger partial charge in [0, 0.05) is 12.1 Å². The SMILES string of the molecule is CC1(CNc2ccc(C(N)=S)cc2Cl)CCCCC1. The first kappa shape index (κ1) is 14.6. The van der Waals surface area contributed by atoms with Gasteiger partial charge in [0.05, 0.1) is 10.7 Å². The van der Waals surface area contributed by atoms with Crippen LogP contribution in [-0.4, -0.2) is 11.5 Å². The Morgan fingerprint density at radius 3 is 2.63 bits per heavy atom. The van der Waals surface area contributed by atoms with E-state index in [9.17, 15) is 0 Å². The van der Waals surface area contributed by atoms with Gasteiger partial charge in [-0.25, -0.2) is 0 Å². The number of benzene rings is 1. The lowest BCUT2D eigenvalue weighted by molar-refractivity contribution is 0.233. The quantitative estimate of drug-likeness (QED) is 0.811. The largest absolute Gasteiger partial charge is 0.389 e. The van der Waals surface area contributed by atoms with Gasteiger partial charge in [-0.2, -0.15) is 0 Å². The zero-order chi connectivity index (χ0) is 13.9. The van der Waals surface area contributed by atoms with Crippen LogP contribution in [0.3, 0.4) is 0 Å². The van der Waals surface area contributed by atoms with E-state index in [1.807, 2.05) is 18.2 Å². The van der Waals surface area contributed by atoms with Gasteiger partial charge in [-0.05, 0) is 36.5 Å². The zero-order valence-corrected chi connectivity index (χ0v) is 12.9. The minimum atomic E-state index is 0.382. The van der Waals surface area contributed by atoms with Crippen molar-refractivity contribution in [3.8, 4) is 0 Å². The van der Waals surface area contributed by atoms with E-state index in [0.29, 0.717) is 15.4 Å². The van der Waals surface area contributed by atoms with Crippen LogP contribution in [0.2, 0.25) is 5.02 Å². The summed E-state index contributed by atoms with van der Waals surface area (Å²) in [6.07, 6.45) is 6.64. The van der Waals surface area contributed by atoms with E-state index < -0.39 is 0 Å². The van der Waals surface area contributed by atoms with Crippen molar-refractivity contribution in [3.63, 3.8) is 0 Å². The van der Waals surface area contributed by atoms with E-state index in [2.05, 4.69) is 12.2 Å². The lowest BCUT2D eigenvalue weighted by Crippen LogP contribution is -2.29. The standard InChI is InChI=1S/C15H21ClN2S/c1-15(7-3-2-4-8-15)10-18-13-6-5-11(14(17)19)9-12(13)16/h5-6,9,18H,2-4,7-8,10H2,1H3,(H2,17,19). The van der Waals surface area contributed by atoms with Crippen LogP contribution in [0.1, 0.15) is 44.6 Å². The van der Waals surface area contributed by atoms with Gasteiger partial charge in [0.25, 0.3) is 0 Å². The number of thiocarbonyl (C=S) groups is 1. The lowest BCUT2D eigenvalue weighted by Gasteiger charge is -2.34. The van der Waals surface area contributed by atoms with E-state index >= 15 is 0 Å². The monoisotopic (exact) mass is 296 g/mol. The molecule has 0 amide bonds. The second kappa shape index (κ2) is 6.10. The molecule has 1 fully saturated rings. The molecule has 1 aromatic carbocycles. The number of anilines is 1. The van der Waals surface area contributed by atoms with Crippen molar-refractivity contribution in [2.45, 2.75) is 39.0 Å². The van der Waals surface area contributed by atoms with Crippen LogP contribution in [0, 0.1) is 5.41 Å². The Labute approximate surface area is 125 Å². The molecule has 0 aliphatic heterocycles. The molecule has 2 rings (SSSR count). The Balaban J connectivity index is 2.01. The summed E-state index contributed by atoms with van der Waals surface area (Å²) in [6.45, 7) is 3.33. The summed E-state index contributed by atoms with van der Waals surface area (Å²) in [7, 11) is 0. The fraction of sp³-hybridized carbons (Fsp3) is 0.533. The molecule has 1 aliphatic carbocycles. The Morgan fingerprint density at radius 2 is 2.05 bits per heavy atom. The molecular weight excluding hydrogens is 276 g/mol. The normalized spacial score (nSPS) is 18.0. The van der Waals surface area contributed by atoms with Crippen molar-refractivity contribution >= 4 is 34.5 Å². The molecule has 0 spiro atoms. The van der Waals surface area contributed by atoms with Crippen LogP contribution in [0.25, 0.3) is 0 Å². The van der Waals surface area contributed by atoms with Crippen LogP contribution in [-0.2, 0) is 0 Å². The van der Waals surface area contributed by atoms with Crippen molar-refractivity contribution < 1.29 is 0 Å². The van der Waals surface area contributed by atoms with Crippen molar-refractivity contribution in [2.75, 3.05) is 11.9 Å². The predicted octanol–water partition coefficient (Wildman–Crippen LogP) is 4.36. The van der Waals surface area contributed by atoms with Crippen LogP contribution in [0.5, 0.6) is 0 Å². The summed E-state index contributed by atoms with van der Waals surface area (Å²) in [6, 6.07) is 5.71. The van der Waals surface area contributed by atoms with Gasteiger partial charge in [-0.3, -0.25) is 0 Å². The maximum atomic E-state index is 6.26. The topological polar surface area (TPSA) is 38.0 Å². The number of halogens is 1. The summed E-state index contributed by atoms with van der Waals surface area (Å²) >= 11 is 11.2. The molecule has 0 unspecified atom stereocenters. The third kappa shape index (κ3) is 3.83. The van der Waals surface area contributed by atoms with Crippen LogP contribution >= 0.6 is 23.8 Å². The van der Waals surface area contributed by atoms with E-state index in [1.54, 1.807) is 0 Å². The first-order valence-corrected chi connectivity index (χ1v) is 7.62. The molecule has 104 valence electrons. The van der Waals surface area contributed by atoms with Crippen LogP contribution in [0.4, 0.5) is 5.69 Å². The van der Waals surface area contributed by atoms with Gasteiger partial charge in [-0.15, -0.1) is 0 Å². The van der Waals surface area contributed by atoms with E-state index in [0.717, 1.165) is 17.8 Å². The highest BCUT2D eigenvalue weighted by Crippen LogP contribution is 2.36. The van der Waals surface area contributed by atoms with E-state index in [-0.39, 0.29) is 0 Å². The highest BCUT2D eigenvalue weighted by Gasteiger charge is 2.26. The average molecular weight is 297 g/mol. The van der Waals surface area contributed by atoms with E-state index in [1.165, 1.54) is 32.1 Å². The third-order valence-corrected chi connectivity index (χ3v) is 4.57. The Hall–Kier alpha value is -0.800. The molecule has 2 nitrogen and oxygen atoms in total. The summed E-state index contributed by atoms with van der Waals surface area (Å²) in [4.78, 5) is 0.382. The van der Waals surface area contributed by atoms with Gasteiger partial charge in [0.1, 0.15) is 4.99 Å². The Bertz CT molecular complexity index is 467. The highest BCUT2D eigenvalue weighted by atomic mass is 35.5. The fourth-order valence-corrected chi connectivity index (χ4v) is 3.08. The molecule has 0 bridgehead atoms. The molecule has 0 atom stereocenters. The Morgan fingerprint density at radius 1 is 1.37 bits per heavy atom. The molecule has 1 aromatic rings. The van der Waals surface area contributed by atoms with Gasteiger partial charge in [-0.1, -0.05) is 50.0 Å². The number of nitrogens with two attached hydrogens (primary N) is 1. The minimum absolute atomic E-state index is 0.382. The molecule has 0 saturated heterocycles. The molecule has 19 heavy (non-hydrogen) atoms. The Kier molecular flexibility index (Phi) is 4.69.